The van der Waals surface area contributed by atoms with E-state index < -0.39 is 7.26 Å². The SMILES string of the molecule is C=Cc1ccc([P+](CC)(c2ccccc2)c2ccccc2)cc1. The normalized spacial score (nSPS) is 11.2. The summed E-state index contributed by atoms with van der Waals surface area (Å²) in [6, 6.07) is 30.9. The maximum Gasteiger partial charge on any atom is 0.111 e. The number of hydrogen-bond acceptors (Lipinski definition) is 0. The van der Waals surface area contributed by atoms with E-state index >= 15 is 0 Å². The molecule has 0 fully saturated rings. The Morgan fingerprint density at radius 1 is 0.696 bits per heavy atom. The minimum atomic E-state index is -1.60. The third-order valence-electron chi connectivity index (χ3n) is 4.44. The van der Waals surface area contributed by atoms with E-state index in [9.17, 15) is 0 Å². The van der Waals surface area contributed by atoms with Gasteiger partial charge in [0.2, 0.25) is 0 Å². The highest BCUT2D eigenvalue weighted by Crippen LogP contribution is 2.54. The summed E-state index contributed by atoms with van der Waals surface area (Å²) in [4.78, 5) is 0. The fourth-order valence-corrected chi connectivity index (χ4v) is 7.23. The second-order valence-corrected chi connectivity index (χ2v) is 9.39. The topological polar surface area (TPSA) is 0 Å². The lowest BCUT2D eigenvalue weighted by molar-refractivity contribution is 1.48. The van der Waals surface area contributed by atoms with Gasteiger partial charge in [0.15, 0.2) is 0 Å². The van der Waals surface area contributed by atoms with Gasteiger partial charge in [-0.25, -0.2) is 0 Å². The quantitative estimate of drug-likeness (QED) is 0.601. The molecular formula is C22H22P+. The Balaban J connectivity index is 2.26. The van der Waals surface area contributed by atoms with E-state index in [0.29, 0.717) is 0 Å². The molecule has 0 aliphatic rings. The predicted molar refractivity (Wildman–Crippen MR) is 106 cm³/mol. The maximum atomic E-state index is 3.87. The summed E-state index contributed by atoms with van der Waals surface area (Å²) >= 11 is 0. The molecule has 0 atom stereocenters. The highest BCUT2D eigenvalue weighted by molar-refractivity contribution is 7.95. The molecular weight excluding hydrogens is 295 g/mol. The zero-order chi connectivity index (χ0) is 16.1. The van der Waals surface area contributed by atoms with Crippen LogP contribution in [0.2, 0.25) is 0 Å². The summed E-state index contributed by atoms with van der Waals surface area (Å²) in [5.41, 5.74) is 1.17. The number of benzene rings is 3. The lowest BCUT2D eigenvalue weighted by atomic mass is 10.2. The molecule has 23 heavy (non-hydrogen) atoms. The van der Waals surface area contributed by atoms with Gasteiger partial charge in [-0.1, -0.05) is 61.2 Å². The first-order chi connectivity index (χ1) is 11.3. The van der Waals surface area contributed by atoms with Gasteiger partial charge in [0.25, 0.3) is 0 Å². The Kier molecular flexibility index (Phi) is 4.74. The van der Waals surface area contributed by atoms with Gasteiger partial charge in [0.1, 0.15) is 23.2 Å². The van der Waals surface area contributed by atoms with Crippen LogP contribution in [-0.4, -0.2) is 6.16 Å². The summed E-state index contributed by atoms with van der Waals surface area (Å²) in [6.07, 6.45) is 3.02. The van der Waals surface area contributed by atoms with Crippen LogP contribution < -0.4 is 15.9 Å². The second kappa shape index (κ2) is 6.94. The van der Waals surface area contributed by atoms with Crippen molar-refractivity contribution in [1.82, 2.24) is 0 Å². The van der Waals surface area contributed by atoms with Crippen LogP contribution in [0.1, 0.15) is 12.5 Å². The Morgan fingerprint density at radius 3 is 1.52 bits per heavy atom. The molecule has 0 aromatic heterocycles. The average molecular weight is 317 g/mol. The van der Waals surface area contributed by atoms with Crippen molar-refractivity contribution in [3.05, 3.63) is 97.1 Å². The molecule has 0 aliphatic heterocycles. The van der Waals surface area contributed by atoms with E-state index in [0.717, 1.165) is 6.16 Å². The van der Waals surface area contributed by atoms with Crippen LogP contribution in [-0.2, 0) is 0 Å². The fraction of sp³-hybridized carbons (Fsp3) is 0.0909. The minimum absolute atomic E-state index is 1.12. The Hall–Kier alpha value is -2.17. The molecule has 114 valence electrons. The van der Waals surface area contributed by atoms with Crippen molar-refractivity contribution in [2.24, 2.45) is 0 Å². The molecule has 0 heterocycles. The lowest BCUT2D eigenvalue weighted by Gasteiger charge is -2.26. The van der Waals surface area contributed by atoms with Crippen LogP contribution in [0.3, 0.4) is 0 Å². The van der Waals surface area contributed by atoms with Gasteiger partial charge in [-0.15, -0.1) is 0 Å². The predicted octanol–water partition coefficient (Wildman–Crippen LogP) is 4.64. The van der Waals surface area contributed by atoms with Crippen molar-refractivity contribution in [2.75, 3.05) is 6.16 Å². The van der Waals surface area contributed by atoms with Crippen LogP contribution in [0, 0.1) is 0 Å². The molecule has 0 saturated carbocycles. The summed E-state index contributed by atoms with van der Waals surface area (Å²) in [5, 5.41) is 4.32. The third kappa shape index (κ3) is 2.87. The first kappa shape index (κ1) is 15.7. The molecule has 0 nitrogen and oxygen atoms in total. The van der Waals surface area contributed by atoms with E-state index in [4.69, 9.17) is 0 Å². The third-order valence-corrected chi connectivity index (χ3v) is 8.93. The maximum absolute atomic E-state index is 3.87. The molecule has 0 saturated heterocycles. The molecule has 0 bridgehead atoms. The smallest absolute Gasteiger partial charge is 0.0985 e. The zero-order valence-corrected chi connectivity index (χ0v) is 14.4. The van der Waals surface area contributed by atoms with Crippen molar-refractivity contribution in [1.29, 1.82) is 0 Å². The second-order valence-electron chi connectivity index (χ2n) is 5.59. The lowest BCUT2D eigenvalue weighted by Crippen LogP contribution is -2.32. The van der Waals surface area contributed by atoms with E-state index in [-0.39, 0.29) is 0 Å². The van der Waals surface area contributed by atoms with Crippen molar-refractivity contribution < 1.29 is 0 Å². The van der Waals surface area contributed by atoms with Crippen LogP contribution >= 0.6 is 7.26 Å². The molecule has 0 radical (unpaired) electrons. The molecule has 0 spiro atoms. The monoisotopic (exact) mass is 317 g/mol. The Bertz CT molecular complexity index is 719. The first-order valence-electron chi connectivity index (χ1n) is 8.03. The van der Waals surface area contributed by atoms with Gasteiger partial charge in [-0.2, -0.15) is 0 Å². The molecule has 0 unspecified atom stereocenters. The number of rotatable bonds is 5. The highest BCUT2D eigenvalue weighted by Gasteiger charge is 2.43. The summed E-state index contributed by atoms with van der Waals surface area (Å²) < 4.78 is 0. The van der Waals surface area contributed by atoms with Gasteiger partial charge in [-0.05, 0) is 48.9 Å². The average Bonchev–Trinajstić information content (AvgIpc) is 2.65. The van der Waals surface area contributed by atoms with E-state index in [1.54, 1.807) is 0 Å². The minimum Gasteiger partial charge on any atom is -0.0985 e. The van der Waals surface area contributed by atoms with Crippen molar-refractivity contribution in [3.63, 3.8) is 0 Å². The molecule has 3 aromatic rings. The molecule has 0 amide bonds. The molecule has 0 N–H and O–H groups in total. The van der Waals surface area contributed by atoms with Crippen molar-refractivity contribution in [3.8, 4) is 0 Å². The van der Waals surface area contributed by atoms with Crippen LogP contribution in [0.4, 0.5) is 0 Å². The van der Waals surface area contributed by atoms with Gasteiger partial charge < -0.3 is 0 Å². The van der Waals surface area contributed by atoms with Crippen LogP contribution in [0.15, 0.2) is 91.5 Å². The molecule has 1 heteroatoms. The largest absolute Gasteiger partial charge is 0.111 e. The van der Waals surface area contributed by atoms with Gasteiger partial charge in [-0.3, -0.25) is 0 Å². The number of hydrogen-bond donors (Lipinski definition) is 0. The fourth-order valence-electron chi connectivity index (χ4n) is 3.22. The summed E-state index contributed by atoms with van der Waals surface area (Å²) in [5.74, 6) is 0. The van der Waals surface area contributed by atoms with Crippen molar-refractivity contribution >= 4 is 29.3 Å². The Labute approximate surface area is 139 Å². The van der Waals surface area contributed by atoms with E-state index in [1.807, 2.05) is 6.08 Å². The van der Waals surface area contributed by atoms with E-state index in [1.165, 1.54) is 21.5 Å². The highest BCUT2D eigenvalue weighted by atomic mass is 31.2. The standard InChI is InChI=1S/C22H22P/c1-3-19-15-17-22(18-16-19)23(4-2,20-11-7-5-8-12-20)21-13-9-6-10-14-21/h3,5-18H,1,4H2,2H3/q+1. The summed E-state index contributed by atoms with van der Waals surface area (Å²) in [7, 11) is -1.60. The van der Waals surface area contributed by atoms with Crippen LogP contribution in [0.25, 0.3) is 6.08 Å². The first-order valence-corrected chi connectivity index (χ1v) is 10.0. The van der Waals surface area contributed by atoms with Crippen molar-refractivity contribution in [2.45, 2.75) is 6.92 Å². The van der Waals surface area contributed by atoms with Gasteiger partial charge in [0.05, 0.1) is 6.16 Å². The summed E-state index contributed by atoms with van der Waals surface area (Å²) in [6.45, 7) is 6.18. The Morgan fingerprint density at radius 2 is 1.13 bits per heavy atom. The van der Waals surface area contributed by atoms with Gasteiger partial charge >= 0.3 is 0 Å². The van der Waals surface area contributed by atoms with E-state index in [2.05, 4.69) is 98.4 Å². The molecule has 0 aliphatic carbocycles. The van der Waals surface area contributed by atoms with Gasteiger partial charge in [0, 0.05) is 0 Å². The zero-order valence-electron chi connectivity index (χ0n) is 13.5. The molecule has 3 aromatic carbocycles. The molecule has 3 rings (SSSR count). The van der Waals surface area contributed by atoms with Crippen LogP contribution in [0.5, 0.6) is 0 Å².